The lowest BCUT2D eigenvalue weighted by Crippen LogP contribution is -2.29. The Labute approximate surface area is 98.9 Å². The van der Waals surface area contributed by atoms with Crippen molar-refractivity contribution in [2.75, 3.05) is 19.6 Å². The first-order valence-corrected chi connectivity index (χ1v) is 6.15. The van der Waals surface area contributed by atoms with Crippen LogP contribution in [-0.4, -0.2) is 29.6 Å². The van der Waals surface area contributed by atoms with Crippen molar-refractivity contribution in [2.45, 2.75) is 33.3 Å². The Morgan fingerprint density at radius 2 is 1.94 bits per heavy atom. The molecule has 2 heteroatoms. The zero-order chi connectivity index (χ0) is 12.0. The number of likely N-dealkylation sites (N-methyl/N-ethyl adjacent to an activating group) is 1. The van der Waals surface area contributed by atoms with E-state index in [1.807, 2.05) is 18.2 Å². The fraction of sp³-hybridized carbons (Fsp3) is 0.571. The monoisotopic (exact) mass is 221 g/mol. The molecule has 16 heavy (non-hydrogen) atoms. The van der Waals surface area contributed by atoms with Crippen LogP contribution in [0.5, 0.6) is 0 Å². The first-order chi connectivity index (χ1) is 7.69. The molecule has 1 unspecified atom stereocenters. The van der Waals surface area contributed by atoms with Gasteiger partial charge in [-0.3, -0.25) is 0 Å². The van der Waals surface area contributed by atoms with Gasteiger partial charge in [-0.1, -0.05) is 38.1 Å². The van der Waals surface area contributed by atoms with E-state index in [4.69, 9.17) is 0 Å². The predicted octanol–water partition coefficient (Wildman–Crippen LogP) is 2.76. The molecule has 1 N–H and O–H groups in total. The van der Waals surface area contributed by atoms with E-state index in [1.165, 1.54) is 5.56 Å². The summed E-state index contributed by atoms with van der Waals surface area (Å²) in [5.41, 5.74) is 2.22. The lowest BCUT2D eigenvalue weighted by atomic mass is 10.0. The molecular formula is C14H23NO. The number of hydrogen-bond acceptors (Lipinski definition) is 2. The van der Waals surface area contributed by atoms with Gasteiger partial charge in [0.25, 0.3) is 0 Å². The zero-order valence-electron chi connectivity index (χ0n) is 10.6. The molecule has 1 aromatic carbocycles. The summed E-state index contributed by atoms with van der Waals surface area (Å²) < 4.78 is 0. The number of nitrogens with zero attached hydrogens (tertiary/aromatic N) is 1. The number of rotatable bonds is 6. The summed E-state index contributed by atoms with van der Waals surface area (Å²) in [7, 11) is 0. The van der Waals surface area contributed by atoms with Gasteiger partial charge in [-0.15, -0.1) is 0 Å². The van der Waals surface area contributed by atoms with Crippen LogP contribution >= 0.6 is 0 Å². The third-order valence-electron chi connectivity index (χ3n) is 2.97. The summed E-state index contributed by atoms with van der Waals surface area (Å²) in [4.78, 5) is 2.29. The van der Waals surface area contributed by atoms with Gasteiger partial charge in [0, 0.05) is 6.54 Å². The maximum absolute atomic E-state index is 10.2. The van der Waals surface area contributed by atoms with E-state index in [-0.39, 0.29) is 6.10 Å². The quantitative estimate of drug-likeness (QED) is 0.798. The first-order valence-electron chi connectivity index (χ1n) is 6.15. The average Bonchev–Trinajstić information content (AvgIpc) is 2.28. The Hall–Kier alpha value is -0.860. The van der Waals surface area contributed by atoms with Crippen molar-refractivity contribution in [3.8, 4) is 0 Å². The highest BCUT2D eigenvalue weighted by molar-refractivity contribution is 5.27. The molecule has 1 aromatic rings. The van der Waals surface area contributed by atoms with Gasteiger partial charge < -0.3 is 10.0 Å². The smallest absolute Gasteiger partial charge is 0.0919 e. The van der Waals surface area contributed by atoms with Crippen molar-refractivity contribution in [2.24, 2.45) is 0 Å². The van der Waals surface area contributed by atoms with Crippen LogP contribution in [0, 0.1) is 6.92 Å². The van der Waals surface area contributed by atoms with E-state index >= 15 is 0 Å². The Morgan fingerprint density at radius 1 is 1.25 bits per heavy atom. The molecule has 0 heterocycles. The van der Waals surface area contributed by atoms with Crippen molar-refractivity contribution in [1.29, 1.82) is 0 Å². The molecule has 0 radical (unpaired) electrons. The fourth-order valence-electron chi connectivity index (χ4n) is 2.00. The standard InChI is InChI=1S/C14H23NO/c1-4-10-15(5-2)11-14(16)13-9-7-6-8-12(13)3/h6-9,14,16H,4-5,10-11H2,1-3H3. The van der Waals surface area contributed by atoms with E-state index < -0.39 is 0 Å². The average molecular weight is 221 g/mol. The second-order valence-corrected chi connectivity index (χ2v) is 4.27. The van der Waals surface area contributed by atoms with Gasteiger partial charge in [-0.2, -0.15) is 0 Å². The second kappa shape index (κ2) is 6.66. The Bertz CT molecular complexity index is 311. The first kappa shape index (κ1) is 13.2. The molecule has 2 nitrogen and oxygen atoms in total. The summed E-state index contributed by atoms with van der Waals surface area (Å²) in [5.74, 6) is 0. The minimum absolute atomic E-state index is 0.368. The molecule has 0 bridgehead atoms. The number of aliphatic hydroxyl groups is 1. The highest BCUT2D eigenvalue weighted by atomic mass is 16.3. The maximum Gasteiger partial charge on any atom is 0.0919 e. The van der Waals surface area contributed by atoms with E-state index in [9.17, 15) is 5.11 Å². The molecule has 1 atom stereocenters. The molecule has 90 valence electrons. The van der Waals surface area contributed by atoms with Crippen LogP contribution in [-0.2, 0) is 0 Å². The van der Waals surface area contributed by atoms with Gasteiger partial charge in [-0.25, -0.2) is 0 Å². The summed E-state index contributed by atoms with van der Waals surface area (Å²) in [6, 6.07) is 8.06. The highest BCUT2D eigenvalue weighted by Gasteiger charge is 2.13. The lowest BCUT2D eigenvalue weighted by Gasteiger charge is -2.24. The van der Waals surface area contributed by atoms with Crippen LogP contribution in [0.2, 0.25) is 0 Å². The molecule has 0 aromatic heterocycles. The minimum Gasteiger partial charge on any atom is -0.387 e. The van der Waals surface area contributed by atoms with Crippen molar-refractivity contribution < 1.29 is 5.11 Å². The zero-order valence-corrected chi connectivity index (χ0v) is 10.6. The van der Waals surface area contributed by atoms with E-state index in [1.54, 1.807) is 0 Å². The van der Waals surface area contributed by atoms with Gasteiger partial charge in [-0.05, 0) is 37.6 Å². The molecule has 0 saturated heterocycles. The van der Waals surface area contributed by atoms with Gasteiger partial charge in [0.2, 0.25) is 0 Å². The van der Waals surface area contributed by atoms with Crippen LogP contribution in [0.4, 0.5) is 0 Å². The maximum atomic E-state index is 10.2. The predicted molar refractivity (Wildman–Crippen MR) is 68.5 cm³/mol. The Balaban J connectivity index is 2.64. The van der Waals surface area contributed by atoms with Gasteiger partial charge >= 0.3 is 0 Å². The Morgan fingerprint density at radius 3 is 2.50 bits per heavy atom. The van der Waals surface area contributed by atoms with Crippen molar-refractivity contribution in [3.63, 3.8) is 0 Å². The molecule has 0 aliphatic carbocycles. The fourth-order valence-corrected chi connectivity index (χ4v) is 2.00. The van der Waals surface area contributed by atoms with Gasteiger partial charge in [0.05, 0.1) is 6.10 Å². The third kappa shape index (κ3) is 3.62. The summed E-state index contributed by atoms with van der Waals surface area (Å²) in [5, 5.41) is 10.2. The van der Waals surface area contributed by atoms with Crippen LogP contribution < -0.4 is 0 Å². The molecule has 0 spiro atoms. The van der Waals surface area contributed by atoms with Crippen LogP contribution in [0.25, 0.3) is 0 Å². The van der Waals surface area contributed by atoms with E-state index in [0.29, 0.717) is 0 Å². The van der Waals surface area contributed by atoms with Gasteiger partial charge in [0.1, 0.15) is 0 Å². The number of hydrogen-bond donors (Lipinski definition) is 1. The van der Waals surface area contributed by atoms with E-state index in [0.717, 1.165) is 31.6 Å². The normalized spacial score (nSPS) is 13.1. The second-order valence-electron chi connectivity index (χ2n) is 4.27. The van der Waals surface area contributed by atoms with Crippen molar-refractivity contribution in [1.82, 2.24) is 4.90 Å². The molecule has 0 saturated carbocycles. The molecule has 0 amide bonds. The van der Waals surface area contributed by atoms with Crippen LogP contribution in [0.3, 0.4) is 0 Å². The lowest BCUT2D eigenvalue weighted by molar-refractivity contribution is 0.115. The molecule has 0 aliphatic rings. The van der Waals surface area contributed by atoms with Crippen LogP contribution in [0.15, 0.2) is 24.3 Å². The molecular weight excluding hydrogens is 198 g/mol. The number of aliphatic hydroxyl groups excluding tert-OH is 1. The SMILES string of the molecule is CCCN(CC)CC(O)c1ccccc1C. The summed E-state index contributed by atoms with van der Waals surface area (Å²) >= 11 is 0. The molecule has 1 rings (SSSR count). The molecule has 0 aliphatic heterocycles. The summed E-state index contributed by atoms with van der Waals surface area (Å²) in [6.45, 7) is 9.14. The minimum atomic E-state index is -0.368. The number of aryl methyl sites for hydroxylation is 1. The summed E-state index contributed by atoms with van der Waals surface area (Å²) in [6.07, 6.45) is 0.765. The Kier molecular flexibility index (Phi) is 5.50. The van der Waals surface area contributed by atoms with Crippen LogP contribution in [0.1, 0.15) is 37.5 Å². The van der Waals surface area contributed by atoms with Crippen molar-refractivity contribution in [3.05, 3.63) is 35.4 Å². The van der Waals surface area contributed by atoms with E-state index in [2.05, 4.69) is 31.7 Å². The third-order valence-corrected chi connectivity index (χ3v) is 2.97. The van der Waals surface area contributed by atoms with Gasteiger partial charge in [0.15, 0.2) is 0 Å². The van der Waals surface area contributed by atoms with Crippen molar-refractivity contribution >= 4 is 0 Å². The number of benzene rings is 1. The molecule has 0 fully saturated rings. The largest absolute Gasteiger partial charge is 0.387 e. The highest BCUT2D eigenvalue weighted by Crippen LogP contribution is 2.18. The topological polar surface area (TPSA) is 23.5 Å².